The molecule has 11 heteroatoms. The van der Waals surface area contributed by atoms with E-state index in [9.17, 15) is 21.6 Å². The summed E-state index contributed by atoms with van der Waals surface area (Å²) < 4.78 is 78.6. The van der Waals surface area contributed by atoms with Crippen molar-refractivity contribution in [2.45, 2.75) is 29.2 Å². The van der Waals surface area contributed by atoms with Crippen LogP contribution in [0, 0.1) is 0 Å². The van der Waals surface area contributed by atoms with Gasteiger partial charge < -0.3 is 20.1 Å². The summed E-state index contributed by atoms with van der Waals surface area (Å²) in [7, 11) is -3.82. The van der Waals surface area contributed by atoms with E-state index < -0.39 is 27.0 Å². The lowest BCUT2D eigenvalue weighted by atomic mass is 10.0. The lowest BCUT2D eigenvalue weighted by molar-refractivity contribution is -0.140. The molecule has 2 fully saturated rings. The molecule has 2 aliphatic heterocycles. The van der Waals surface area contributed by atoms with Crippen molar-refractivity contribution in [3.63, 3.8) is 0 Å². The third kappa shape index (κ3) is 4.69. The Bertz CT molecular complexity index is 1080. The summed E-state index contributed by atoms with van der Waals surface area (Å²) in [6, 6.07) is 6.87. The fourth-order valence-corrected chi connectivity index (χ4v) is 5.69. The van der Waals surface area contributed by atoms with E-state index >= 15 is 0 Å². The van der Waals surface area contributed by atoms with Gasteiger partial charge in [-0.25, -0.2) is 13.4 Å². The summed E-state index contributed by atoms with van der Waals surface area (Å²) in [4.78, 5) is 5.37. The van der Waals surface area contributed by atoms with E-state index in [-0.39, 0.29) is 28.4 Å². The Labute approximate surface area is 184 Å². The topological polar surface area (TPSA) is 94.8 Å². The van der Waals surface area contributed by atoms with Gasteiger partial charge in [0.2, 0.25) is 0 Å². The minimum atomic E-state index is -4.75. The number of nitrogens with zero attached hydrogens (tertiary/aromatic N) is 2. The molecule has 2 saturated heterocycles. The number of morpholine rings is 1. The second-order valence-corrected chi connectivity index (χ2v) is 10.1. The molecule has 0 unspecified atom stereocenters. The van der Waals surface area contributed by atoms with Crippen LogP contribution < -0.4 is 10.6 Å². The van der Waals surface area contributed by atoms with Gasteiger partial charge in [0, 0.05) is 30.9 Å². The van der Waals surface area contributed by atoms with Crippen LogP contribution in [0.25, 0.3) is 11.1 Å². The van der Waals surface area contributed by atoms with Crippen LogP contribution in [0.3, 0.4) is 0 Å². The van der Waals surface area contributed by atoms with Crippen LogP contribution in [-0.2, 0) is 25.5 Å². The molecule has 0 saturated carbocycles. The van der Waals surface area contributed by atoms with Crippen LogP contribution in [0.2, 0.25) is 0 Å². The molecule has 1 aromatic heterocycles. The molecule has 2 aromatic rings. The molecule has 0 aliphatic carbocycles. The standard InChI is InChI=1S/C21H24F3N3O4S/c22-21(23,24)20-18(3-4-19(25)26-20)14-10-15(27-5-8-30-9-6-27)12-17(11-14)32(28,29)16-2-1-7-31-13-16/h3-4,10-12,16H,1-2,5-9,13H2,(H2,25,26)/t16-/m1/s1. The van der Waals surface area contributed by atoms with Crippen molar-refractivity contribution < 1.29 is 31.1 Å². The second-order valence-electron chi connectivity index (χ2n) is 7.83. The number of benzene rings is 1. The van der Waals surface area contributed by atoms with Crippen LogP contribution in [0.5, 0.6) is 0 Å². The maximum absolute atomic E-state index is 13.7. The van der Waals surface area contributed by atoms with E-state index in [0.717, 1.165) is 0 Å². The number of halogens is 3. The molecule has 0 amide bonds. The quantitative estimate of drug-likeness (QED) is 0.732. The van der Waals surface area contributed by atoms with Gasteiger partial charge in [-0.15, -0.1) is 0 Å². The number of pyridine rings is 1. The Hall–Kier alpha value is -2.37. The zero-order valence-electron chi connectivity index (χ0n) is 17.3. The Balaban J connectivity index is 1.87. The highest BCUT2D eigenvalue weighted by molar-refractivity contribution is 7.92. The van der Waals surface area contributed by atoms with E-state index in [1.807, 2.05) is 4.90 Å². The number of hydrogen-bond acceptors (Lipinski definition) is 7. The van der Waals surface area contributed by atoms with Crippen LogP contribution in [-0.4, -0.2) is 58.2 Å². The van der Waals surface area contributed by atoms with Gasteiger partial charge in [-0.05, 0) is 48.7 Å². The maximum atomic E-state index is 13.7. The van der Waals surface area contributed by atoms with Crippen LogP contribution in [0.15, 0.2) is 35.2 Å². The molecule has 32 heavy (non-hydrogen) atoms. The molecular formula is C21H24F3N3O4S. The van der Waals surface area contributed by atoms with Crippen molar-refractivity contribution in [3.8, 4) is 11.1 Å². The molecule has 2 aliphatic rings. The Morgan fingerprint density at radius 2 is 1.81 bits per heavy atom. The first-order chi connectivity index (χ1) is 15.2. The van der Waals surface area contributed by atoms with Crippen molar-refractivity contribution in [3.05, 3.63) is 36.0 Å². The van der Waals surface area contributed by atoms with E-state index in [4.69, 9.17) is 15.2 Å². The number of sulfone groups is 1. The SMILES string of the molecule is Nc1ccc(-c2cc(N3CCOCC3)cc(S(=O)(=O)[C@@H]3CCCOC3)c2)c(C(F)(F)F)n1. The van der Waals surface area contributed by atoms with E-state index in [1.54, 1.807) is 6.07 Å². The molecule has 3 heterocycles. The third-order valence-electron chi connectivity index (χ3n) is 5.65. The van der Waals surface area contributed by atoms with Gasteiger partial charge in [0.1, 0.15) is 5.82 Å². The fourth-order valence-electron chi connectivity index (χ4n) is 3.98. The molecule has 1 atom stereocenters. The van der Waals surface area contributed by atoms with Crippen molar-refractivity contribution in [2.24, 2.45) is 0 Å². The molecule has 2 N–H and O–H groups in total. The smallest absolute Gasteiger partial charge is 0.384 e. The average molecular weight is 472 g/mol. The van der Waals surface area contributed by atoms with E-state index in [0.29, 0.717) is 51.4 Å². The first kappa shape index (κ1) is 22.8. The zero-order chi connectivity index (χ0) is 22.9. The van der Waals surface area contributed by atoms with E-state index in [1.165, 1.54) is 24.3 Å². The van der Waals surface area contributed by atoms with Gasteiger partial charge in [0.15, 0.2) is 15.5 Å². The van der Waals surface area contributed by atoms with Crippen molar-refractivity contribution in [2.75, 3.05) is 50.2 Å². The molecule has 1 aromatic carbocycles. The zero-order valence-corrected chi connectivity index (χ0v) is 18.1. The first-order valence-electron chi connectivity index (χ1n) is 10.3. The number of rotatable bonds is 4. The Morgan fingerprint density at radius 1 is 1.06 bits per heavy atom. The van der Waals surface area contributed by atoms with Crippen LogP contribution >= 0.6 is 0 Å². The largest absolute Gasteiger partial charge is 0.434 e. The predicted octanol–water partition coefficient (Wildman–Crippen LogP) is 3.14. The minimum Gasteiger partial charge on any atom is -0.384 e. The summed E-state index contributed by atoms with van der Waals surface area (Å²) in [5.74, 6) is -0.266. The fraction of sp³-hybridized carbons (Fsp3) is 0.476. The highest BCUT2D eigenvalue weighted by Crippen LogP contribution is 2.39. The maximum Gasteiger partial charge on any atom is 0.434 e. The normalized spacial score (nSPS) is 20.3. The third-order valence-corrected chi connectivity index (χ3v) is 7.79. The molecule has 0 spiro atoms. The van der Waals surface area contributed by atoms with Gasteiger partial charge in [-0.2, -0.15) is 13.2 Å². The van der Waals surface area contributed by atoms with Crippen molar-refractivity contribution >= 4 is 21.3 Å². The molecule has 0 radical (unpaired) electrons. The number of ether oxygens (including phenoxy) is 2. The highest BCUT2D eigenvalue weighted by atomic mass is 32.2. The van der Waals surface area contributed by atoms with Crippen LogP contribution in [0.4, 0.5) is 24.7 Å². The molecular weight excluding hydrogens is 447 g/mol. The number of aromatic nitrogens is 1. The summed E-state index contributed by atoms with van der Waals surface area (Å²) in [5, 5.41) is -0.740. The number of nitrogen functional groups attached to an aromatic ring is 1. The van der Waals surface area contributed by atoms with Gasteiger partial charge >= 0.3 is 6.18 Å². The predicted molar refractivity (Wildman–Crippen MR) is 113 cm³/mol. The van der Waals surface area contributed by atoms with Crippen molar-refractivity contribution in [1.29, 1.82) is 0 Å². The van der Waals surface area contributed by atoms with Gasteiger partial charge in [0.25, 0.3) is 0 Å². The monoisotopic (exact) mass is 471 g/mol. The molecule has 0 bridgehead atoms. The molecule has 7 nitrogen and oxygen atoms in total. The number of alkyl halides is 3. The number of nitrogens with two attached hydrogens (primary N) is 1. The minimum absolute atomic E-state index is 0.0306. The van der Waals surface area contributed by atoms with Crippen molar-refractivity contribution in [1.82, 2.24) is 4.98 Å². The lowest BCUT2D eigenvalue weighted by Gasteiger charge is -2.30. The summed E-state index contributed by atoms with van der Waals surface area (Å²) in [5.41, 5.74) is 4.76. The van der Waals surface area contributed by atoms with Gasteiger partial charge in [0.05, 0.1) is 30.0 Å². The van der Waals surface area contributed by atoms with E-state index in [2.05, 4.69) is 4.98 Å². The highest BCUT2D eigenvalue weighted by Gasteiger charge is 2.37. The van der Waals surface area contributed by atoms with Gasteiger partial charge in [-0.3, -0.25) is 0 Å². The Morgan fingerprint density at radius 3 is 2.47 bits per heavy atom. The van der Waals surface area contributed by atoms with Gasteiger partial charge in [-0.1, -0.05) is 0 Å². The summed E-state index contributed by atoms with van der Waals surface area (Å²) in [6.45, 7) is 2.46. The molecule has 4 rings (SSSR count). The molecule has 174 valence electrons. The van der Waals surface area contributed by atoms with Crippen LogP contribution in [0.1, 0.15) is 18.5 Å². The summed E-state index contributed by atoms with van der Waals surface area (Å²) >= 11 is 0. The number of hydrogen-bond donors (Lipinski definition) is 1. The lowest BCUT2D eigenvalue weighted by Crippen LogP contribution is -2.36. The average Bonchev–Trinajstić information content (AvgIpc) is 2.79. The Kier molecular flexibility index (Phi) is 6.33. The second kappa shape index (κ2) is 8.87. The first-order valence-corrected chi connectivity index (χ1v) is 11.8. The number of anilines is 2. The summed E-state index contributed by atoms with van der Waals surface area (Å²) in [6.07, 6.45) is -3.70.